The number of hydrogen-bond donors (Lipinski definition) is 1. The maximum atomic E-state index is 7.18. The van der Waals surface area contributed by atoms with Gasteiger partial charge in [0.2, 0.25) is 0 Å². The third-order valence-corrected chi connectivity index (χ3v) is 2.01. The lowest BCUT2D eigenvalue weighted by atomic mass is 10.0. The Morgan fingerprint density at radius 2 is 1.54 bits per heavy atom. The summed E-state index contributed by atoms with van der Waals surface area (Å²) in [7, 11) is 0. The molecule has 2 rings (SSSR count). The molecular formula is C12H11N. The van der Waals surface area contributed by atoms with E-state index in [-0.39, 0.29) is 0 Å². The van der Waals surface area contributed by atoms with Gasteiger partial charge in [-0.3, -0.25) is 0 Å². The highest BCUT2D eigenvalue weighted by Crippen LogP contribution is 2.24. The van der Waals surface area contributed by atoms with E-state index in [1.54, 1.807) is 0 Å². The van der Waals surface area contributed by atoms with Gasteiger partial charge in [-0.2, -0.15) is 0 Å². The Hall–Kier alpha value is -1.76. The van der Waals surface area contributed by atoms with Gasteiger partial charge in [-0.15, -0.1) is 0 Å². The topological polar surface area (TPSA) is 26.0 Å². The fourth-order valence-corrected chi connectivity index (χ4v) is 1.35. The van der Waals surface area contributed by atoms with Crippen LogP contribution in [0.3, 0.4) is 0 Å². The van der Waals surface area contributed by atoms with E-state index in [1.165, 1.54) is 0 Å². The monoisotopic (exact) mass is 170 g/mol. The molecule has 64 valence electrons. The Morgan fingerprint density at radius 1 is 0.846 bits per heavy atom. The summed E-state index contributed by atoms with van der Waals surface area (Å²) in [5, 5.41) is 0. The molecule has 0 aliphatic heterocycles. The van der Waals surface area contributed by atoms with Crippen LogP contribution in [0.25, 0.3) is 11.1 Å². The van der Waals surface area contributed by atoms with Crippen molar-refractivity contribution in [1.29, 1.82) is 0 Å². The van der Waals surface area contributed by atoms with Gasteiger partial charge in [-0.1, -0.05) is 48.5 Å². The second kappa shape index (κ2) is 3.31. The molecule has 13 heavy (non-hydrogen) atoms. The van der Waals surface area contributed by atoms with Crippen molar-refractivity contribution in [2.75, 3.05) is 5.73 Å². The van der Waals surface area contributed by atoms with Crippen molar-refractivity contribution < 1.29 is 1.41 Å². The molecule has 0 fully saturated rings. The summed E-state index contributed by atoms with van der Waals surface area (Å²) < 4.78 is 7.18. The van der Waals surface area contributed by atoms with Crippen molar-refractivity contribution in [3.63, 3.8) is 0 Å². The van der Waals surface area contributed by atoms with Crippen molar-refractivity contribution in [2.24, 2.45) is 0 Å². The molecule has 0 spiro atoms. The van der Waals surface area contributed by atoms with Crippen molar-refractivity contribution >= 4 is 5.69 Å². The average Bonchev–Trinajstić information content (AvgIpc) is 2.30. The number of anilines is 1. The van der Waals surface area contributed by atoms with Crippen LogP contribution in [-0.4, -0.2) is 0 Å². The highest BCUT2D eigenvalue weighted by Gasteiger charge is 1.98. The third kappa shape index (κ3) is 1.54. The lowest BCUT2D eigenvalue weighted by Gasteiger charge is -2.03. The molecule has 0 aliphatic carbocycles. The summed E-state index contributed by atoms with van der Waals surface area (Å²) in [5.41, 5.74) is 5.46. The van der Waals surface area contributed by atoms with E-state index in [0.29, 0.717) is 0 Å². The minimum atomic E-state index is 0.832. The quantitative estimate of drug-likeness (QED) is 0.689. The van der Waals surface area contributed by atoms with Crippen LogP contribution < -0.4 is 5.73 Å². The van der Waals surface area contributed by atoms with E-state index in [1.807, 2.05) is 54.6 Å². The fraction of sp³-hybridized carbons (Fsp3) is 0. The average molecular weight is 170 g/mol. The number of hydrogen-bond acceptors (Lipinski definition) is 1. The Morgan fingerprint density at radius 3 is 2.31 bits per heavy atom. The molecule has 0 aromatic heterocycles. The SMILES string of the molecule is [2H]Nc1ccccc1-c1ccccc1. The second-order valence-corrected chi connectivity index (χ2v) is 2.91. The molecule has 1 heteroatoms. The Labute approximate surface area is 79.3 Å². The van der Waals surface area contributed by atoms with Gasteiger partial charge in [0.05, 0.1) is 0 Å². The van der Waals surface area contributed by atoms with Crippen LogP contribution in [0.15, 0.2) is 54.6 Å². The van der Waals surface area contributed by atoms with Gasteiger partial charge in [-0.05, 0) is 11.6 Å². The molecule has 1 nitrogen and oxygen atoms in total. The van der Waals surface area contributed by atoms with E-state index in [4.69, 9.17) is 1.41 Å². The standard InChI is InChI=1S/C12H11N/c13-12-9-5-4-8-11(12)10-6-2-1-3-7-10/h1-9H,13H2/i/hD. The van der Waals surface area contributed by atoms with E-state index in [0.717, 1.165) is 16.8 Å². The molecule has 0 amide bonds. The van der Waals surface area contributed by atoms with Gasteiger partial charge >= 0.3 is 0 Å². The number of benzene rings is 2. The van der Waals surface area contributed by atoms with Crippen molar-refractivity contribution in [2.45, 2.75) is 0 Å². The second-order valence-electron chi connectivity index (χ2n) is 2.91. The highest BCUT2D eigenvalue weighted by atomic mass is 14.6. The number of nitrogens with two attached hydrogens (primary N) is 1. The van der Waals surface area contributed by atoms with Crippen molar-refractivity contribution in [3.8, 4) is 11.1 Å². The molecule has 0 unspecified atom stereocenters. The molecule has 2 aromatic rings. The maximum absolute atomic E-state index is 7.18. The van der Waals surface area contributed by atoms with Crippen LogP contribution in [0.5, 0.6) is 0 Å². The minimum absolute atomic E-state index is 0.832. The third-order valence-electron chi connectivity index (χ3n) is 2.01. The van der Waals surface area contributed by atoms with Gasteiger partial charge in [0.1, 0.15) is 0 Å². The lowest BCUT2D eigenvalue weighted by molar-refractivity contribution is 1.61. The first-order chi connectivity index (χ1) is 6.92. The zero-order chi connectivity index (χ0) is 9.80. The number of nitrogen functional groups attached to an aromatic ring is 1. The van der Waals surface area contributed by atoms with E-state index in [9.17, 15) is 0 Å². The van der Waals surface area contributed by atoms with E-state index in [2.05, 4.69) is 5.73 Å². The van der Waals surface area contributed by atoms with Gasteiger partial charge in [0.15, 0.2) is 1.41 Å². The van der Waals surface area contributed by atoms with Crippen LogP contribution in [-0.2, 0) is 0 Å². The summed E-state index contributed by atoms with van der Waals surface area (Å²) in [6, 6.07) is 17.9. The first-order valence-electron chi connectivity index (χ1n) is 4.74. The molecule has 0 heterocycles. The molecule has 0 saturated carbocycles. The molecule has 0 radical (unpaired) electrons. The van der Waals surface area contributed by atoms with Crippen molar-refractivity contribution in [3.05, 3.63) is 54.6 Å². The molecular weight excluding hydrogens is 158 g/mol. The van der Waals surface area contributed by atoms with E-state index >= 15 is 0 Å². The van der Waals surface area contributed by atoms with Gasteiger partial charge in [0.25, 0.3) is 0 Å². The molecule has 0 saturated heterocycles. The first kappa shape index (κ1) is 6.72. The Bertz CT molecular complexity index is 412. The summed E-state index contributed by atoms with van der Waals surface area (Å²) in [6.45, 7) is 0. The maximum Gasteiger partial charge on any atom is 0.156 e. The molecule has 0 atom stereocenters. The van der Waals surface area contributed by atoms with Crippen LogP contribution >= 0.6 is 0 Å². The number of rotatable bonds is 2. The fourth-order valence-electron chi connectivity index (χ4n) is 1.35. The predicted molar refractivity (Wildman–Crippen MR) is 56.3 cm³/mol. The normalized spacial score (nSPS) is 10.6. The summed E-state index contributed by atoms with van der Waals surface area (Å²) in [6.07, 6.45) is 0. The van der Waals surface area contributed by atoms with Gasteiger partial charge < -0.3 is 5.73 Å². The van der Waals surface area contributed by atoms with Crippen LogP contribution in [0.2, 0.25) is 1.41 Å². The Kier molecular flexibility index (Phi) is 1.71. The zero-order valence-electron chi connectivity index (χ0n) is 8.20. The Balaban J connectivity index is 2.51. The van der Waals surface area contributed by atoms with Gasteiger partial charge in [0, 0.05) is 11.3 Å². The van der Waals surface area contributed by atoms with Crippen LogP contribution in [0.4, 0.5) is 5.69 Å². The minimum Gasteiger partial charge on any atom is -0.398 e. The predicted octanol–water partition coefficient (Wildman–Crippen LogP) is 2.94. The lowest BCUT2D eigenvalue weighted by Crippen LogP contribution is -1.88. The largest absolute Gasteiger partial charge is 0.398 e. The summed E-state index contributed by atoms with van der Waals surface area (Å²) in [4.78, 5) is 0. The van der Waals surface area contributed by atoms with Crippen LogP contribution in [0.1, 0.15) is 0 Å². The number of para-hydroxylation sites is 1. The van der Waals surface area contributed by atoms with Gasteiger partial charge in [-0.25, -0.2) is 0 Å². The summed E-state index contributed by atoms with van der Waals surface area (Å²) >= 11 is 0. The molecule has 2 N–H and O–H groups in total. The smallest absolute Gasteiger partial charge is 0.156 e. The highest BCUT2D eigenvalue weighted by molar-refractivity contribution is 5.75. The molecule has 0 aliphatic rings. The molecule has 0 bridgehead atoms. The van der Waals surface area contributed by atoms with Crippen LogP contribution in [0, 0.1) is 0 Å². The van der Waals surface area contributed by atoms with E-state index < -0.39 is 0 Å². The summed E-state index contributed by atoms with van der Waals surface area (Å²) in [5.74, 6) is 0. The van der Waals surface area contributed by atoms with Crippen molar-refractivity contribution in [1.82, 2.24) is 0 Å². The molecule has 2 aromatic carbocycles. The zero-order valence-corrected chi connectivity index (χ0v) is 7.20. The first-order valence-corrected chi connectivity index (χ1v) is 4.24.